The molecule has 0 aliphatic heterocycles. The van der Waals surface area contributed by atoms with Crippen molar-refractivity contribution in [2.24, 2.45) is 12.2 Å². The van der Waals surface area contributed by atoms with Crippen LogP contribution in [0.15, 0.2) is 47.6 Å². The maximum atomic E-state index is 8.93. The average Bonchev–Trinajstić information content (AvgIpc) is 2.86. The third-order valence-electron chi connectivity index (χ3n) is 3.37. The van der Waals surface area contributed by atoms with Gasteiger partial charge in [0.05, 0.1) is 5.52 Å². The first-order valence-electron chi connectivity index (χ1n) is 6.67. The standard InChI is InChI=1S/C16H14ClN3O2/c1-10(19-21)16-14-8-7-13(9-15(14)20(2)18-16)22-12-5-3-11(17)4-6-12/h3-9,21H,1-2H3. The molecule has 22 heavy (non-hydrogen) atoms. The van der Waals surface area contributed by atoms with E-state index in [-0.39, 0.29) is 0 Å². The number of benzene rings is 2. The summed E-state index contributed by atoms with van der Waals surface area (Å²) in [5, 5.41) is 18.1. The van der Waals surface area contributed by atoms with E-state index in [0.29, 0.717) is 27.9 Å². The lowest BCUT2D eigenvalue weighted by Crippen LogP contribution is -1.97. The van der Waals surface area contributed by atoms with Crippen molar-refractivity contribution >= 4 is 28.2 Å². The van der Waals surface area contributed by atoms with Gasteiger partial charge in [-0.2, -0.15) is 5.10 Å². The zero-order valence-electron chi connectivity index (χ0n) is 12.1. The van der Waals surface area contributed by atoms with Gasteiger partial charge in [0.2, 0.25) is 0 Å². The van der Waals surface area contributed by atoms with Crippen LogP contribution >= 0.6 is 11.6 Å². The molecule has 0 amide bonds. The zero-order valence-corrected chi connectivity index (χ0v) is 12.9. The maximum absolute atomic E-state index is 8.93. The highest BCUT2D eigenvalue weighted by Crippen LogP contribution is 2.28. The number of fused-ring (bicyclic) bond motifs is 1. The van der Waals surface area contributed by atoms with E-state index in [1.807, 2.05) is 37.4 Å². The summed E-state index contributed by atoms with van der Waals surface area (Å²) in [4.78, 5) is 0. The molecule has 1 heterocycles. The largest absolute Gasteiger partial charge is 0.457 e. The minimum absolute atomic E-state index is 0.469. The fraction of sp³-hybridized carbons (Fsp3) is 0.125. The molecule has 2 aromatic carbocycles. The van der Waals surface area contributed by atoms with Gasteiger partial charge in [0.1, 0.15) is 22.9 Å². The second kappa shape index (κ2) is 5.69. The van der Waals surface area contributed by atoms with Gasteiger partial charge in [-0.15, -0.1) is 0 Å². The summed E-state index contributed by atoms with van der Waals surface area (Å²) in [7, 11) is 1.84. The first-order valence-corrected chi connectivity index (χ1v) is 7.05. The second-order valence-electron chi connectivity index (χ2n) is 4.89. The minimum atomic E-state index is 0.469. The number of nitrogens with zero attached hydrogens (tertiary/aromatic N) is 3. The molecule has 0 aliphatic rings. The molecule has 0 saturated heterocycles. The number of ether oxygens (including phenoxy) is 1. The molecule has 3 aromatic rings. The van der Waals surface area contributed by atoms with Crippen molar-refractivity contribution in [1.29, 1.82) is 0 Å². The molecule has 112 valence electrons. The Morgan fingerprint density at radius 1 is 1.18 bits per heavy atom. The highest BCUT2D eigenvalue weighted by atomic mass is 35.5. The molecule has 0 spiro atoms. The Kier molecular flexibility index (Phi) is 3.73. The van der Waals surface area contributed by atoms with Crippen LogP contribution in [0, 0.1) is 0 Å². The smallest absolute Gasteiger partial charge is 0.129 e. The van der Waals surface area contributed by atoms with Crippen LogP contribution in [0.4, 0.5) is 0 Å². The van der Waals surface area contributed by atoms with Crippen LogP contribution in [0.25, 0.3) is 10.9 Å². The van der Waals surface area contributed by atoms with Crippen LogP contribution in [-0.4, -0.2) is 20.7 Å². The Hall–Kier alpha value is -2.53. The number of rotatable bonds is 3. The molecule has 0 unspecified atom stereocenters. The summed E-state index contributed by atoms with van der Waals surface area (Å²) in [6, 6.07) is 12.8. The Morgan fingerprint density at radius 2 is 1.86 bits per heavy atom. The normalized spacial score (nSPS) is 11.9. The van der Waals surface area contributed by atoms with Gasteiger partial charge < -0.3 is 9.94 Å². The summed E-state index contributed by atoms with van der Waals surface area (Å²) in [5.74, 6) is 1.40. The SMILES string of the molecule is CC(=NO)c1nn(C)c2cc(Oc3ccc(Cl)cc3)ccc12. The molecule has 0 bridgehead atoms. The Labute approximate surface area is 132 Å². The fourth-order valence-corrected chi connectivity index (χ4v) is 2.38. The van der Waals surface area contributed by atoms with Crippen molar-refractivity contribution in [2.75, 3.05) is 0 Å². The van der Waals surface area contributed by atoms with Gasteiger partial charge in [0.25, 0.3) is 0 Å². The quantitative estimate of drug-likeness (QED) is 0.447. The van der Waals surface area contributed by atoms with E-state index < -0.39 is 0 Å². The summed E-state index contributed by atoms with van der Waals surface area (Å²) >= 11 is 5.86. The molecule has 0 saturated carbocycles. The molecule has 1 aromatic heterocycles. The van der Waals surface area contributed by atoms with Crippen molar-refractivity contribution in [1.82, 2.24) is 9.78 Å². The first-order chi connectivity index (χ1) is 10.6. The Bertz CT molecular complexity index is 854. The number of hydrogen-bond acceptors (Lipinski definition) is 4. The van der Waals surface area contributed by atoms with Gasteiger partial charge in [-0.1, -0.05) is 16.8 Å². The summed E-state index contributed by atoms with van der Waals surface area (Å²) < 4.78 is 7.54. The predicted molar refractivity (Wildman–Crippen MR) is 86.2 cm³/mol. The third kappa shape index (κ3) is 2.63. The summed E-state index contributed by atoms with van der Waals surface area (Å²) in [6.07, 6.45) is 0. The van der Waals surface area contributed by atoms with E-state index in [1.54, 1.807) is 23.7 Å². The maximum Gasteiger partial charge on any atom is 0.129 e. The number of aryl methyl sites for hydroxylation is 1. The molecule has 0 radical (unpaired) electrons. The van der Waals surface area contributed by atoms with Crippen molar-refractivity contribution in [3.8, 4) is 11.5 Å². The van der Waals surface area contributed by atoms with Gasteiger partial charge in [-0.05, 0) is 43.3 Å². The van der Waals surface area contributed by atoms with Crippen LogP contribution < -0.4 is 4.74 Å². The molecule has 1 N–H and O–H groups in total. The monoisotopic (exact) mass is 315 g/mol. The van der Waals surface area contributed by atoms with Crippen molar-refractivity contribution < 1.29 is 9.94 Å². The molecule has 0 aliphatic carbocycles. The predicted octanol–water partition coefficient (Wildman–Crippen LogP) is 4.22. The topological polar surface area (TPSA) is 59.6 Å². The van der Waals surface area contributed by atoms with Crippen LogP contribution in [0.2, 0.25) is 5.02 Å². The summed E-state index contributed by atoms with van der Waals surface area (Å²) in [6.45, 7) is 1.71. The second-order valence-corrected chi connectivity index (χ2v) is 5.33. The van der Waals surface area contributed by atoms with Crippen LogP contribution in [0.1, 0.15) is 12.6 Å². The summed E-state index contributed by atoms with van der Waals surface area (Å²) in [5.41, 5.74) is 2.01. The molecule has 3 rings (SSSR count). The lowest BCUT2D eigenvalue weighted by molar-refractivity contribution is 0.319. The minimum Gasteiger partial charge on any atom is -0.457 e. The number of hydrogen-bond donors (Lipinski definition) is 1. The van der Waals surface area contributed by atoms with Gasteiger partial charge in [0.15, 0.2) is 0 Å². The highest BCUT2D eigenvalue weighted by molar-refractivity contribution is 6.30. The molecule has 0 atom stereocenters. The highest BCUT2D eigenvalue weighted by Gasteiger charge is 2.12. The molecular weight excluding hydrogens is 302 g/mol. The average molecular weight is 316 g/mol. The van der Waals surface area contributed by atoms with Gasteiger partial charge in [-0.25, -0.2) is 0 Å². The van der Waals surface area contributed by atoms with E-state index in [2.05, 4.69) is 10.3 Å². The van der Waals surface area contributed by atoms with E-state index in [9.17, 15) is 0 Å². The van der Waals surface area contributed by atoms with Gasteiger partial charge in [0, 0.05) is 23.5 Å². The van der Waals surface area contributed by atoms with Crippen LogP contribution in [0.3, 0.4) is 0 Å². The lowest BCUT2D eigenvalue weighted by atomic mass is 10.1. The van der Waals surface area contributed by atoms with Gasteiger partial charge in [-0.3, -0.25) is 4.68 Å². The zero-order chi connectivity index (χ0) is 15.7. The Balaban J connectivity index is 2.00. The molecule has 0 fully saturated rings. The van der Waals surface area contributed by atoms with E-state index in [0.717, 1.165) is 10.9 Å². The van der Waals surface area contributed by atoms with E-state index >= 15 is 0 Å². The van der Waals surface area contributed by atoms with E-state index in [1.165, 1.54) is 0 Å². The van der Waals surface area contributed by atoms with Crippen molar-refractivity contribution in [2.45, 2.75) is 6.92 Å². The van der Waals surface area contributed by atoms with Crippen molar-refractivity contribution in [3.05, 3.63) is 53.2 Å². The van der Waals surface area contributed by atoms with Crippen LogP contribution in [-0.2, 0) is 7.05 Å². The molecule has 6 heteroatoms. The third-order valence-corrected chi connectivity index (χ3v) is 3.62. The molecule has 5 nitrogen and oxygen atoms in total. The molecular formula is C16H14ClN3O2. The lowest BCUT2D eigenvalue weighted by Gasteiger charge is -2.06. The fourth-order valence-electron chi connectivity index (χ4n) is 2.25. The van der Waals surface area contributed by atoms with Gasteiger partial charge >= 0.3 is 0 Å². The Morgan fingerprint density at radius 3 is 2.55 bits per heavy atom. The van der Waals surface area contributed by atoms with E-state index in [4.69, 9.17) is 21.5 Å². The number of oxime groups is 1. The number of halogens is 1. The number of aromatic nitrogens is 2. The van der Waals surface area contributed by atoms with Crippen molar-refractivity contribution in [3.63, 3.8) is 0 Å². The van der Waals surface area contributed by atoms with Crippen LogP contribution in [0.5, 0.6) is 11.5 Å². The first kappa shape index (κ1) is 14.4.